The first-order chi connectivity index (χ1) is 11.2. The van der Waals surface area contributed by atoms with E-state index in [9.17, 15) is 4.79 Å². The molecule has 0 radical (unpaired) electrons. The van der Waals surface area contributed by atoms with Crippen LogP contribution in [-0.4, -0.2) is 35.5 Å². The lowest BCUT2D eigenvalue weighted by atomic mass is 10.2. The van der Waals surface area contributed by atoms with Crippen LogP contribution in [0.2, 0.25) is 0 Å². The zero-order valence-corrected chi connectivity index (χ0v) is 14.8. The molecule has 0 fully saturated rings. The lowest BCUT2D eigenvalue weighted by Crippen LogP contribution is -2.24. The number of benzene rings is 1. The Morgan fingerprint density at radius 3 is 2.78 bits per heavy atom. The minimum atomic E-state index is -0.0240. The molecule has 6 nitrogen and oxygen atoms in total. The van der Waals surface area contributed by atoms with E-state index in [-0.39, 0.29) is 5.91 Å². The van der Waals surface area contributed by atoms with Gasteiger partial charge in [0.25, 0.3) is 0 Å². The minimum absolute atomic E-state index is 0.0240. The summed E-state index contributed by atoms with van der Waals surface area (Å²) in [6.45, 7) is 3.47. The van der Waals surface area contributed by atoms with Crippen molar-refractivity contribution >= 4 is 34.1 Å². The fraction of sp³-hybridized carbons (Fsp3) is 0.400. The molecule has 0 saturated heterocycles. The van der Waals surface area contributed by atoms with Crippen LogP contribution in [0.25, 0.3) is 0 Å². The second-order valence-corrected chi connectivity index (χ2v) is 6.91. The molecule has 124 valence electrons. The molecule has 0 aliphatic carbocycles. The molecule has 1 heterocycles. The number of hydrogen-bond acceptors (Lipinski definition) is 7. The Morgan fingerprint density at radius 1 is 1.30 bits per heavy atom. The number of nitrogens with one attached hydrogen (secondary N) is 2. The summed E-state index contributed by atoms with van der Waals surface area (Å²) in [4.78, 5) is 11.9. The highest BCUT2D eigenvalue weighted by Gasteiger charge is 2.08. The number of carbonyl (C=O) groups is 1. The highest BCUT2D eigenvalue weighted by molar-refractivity contribution is 8.01. The zero-order valence-electron chi connectivity index (χ0n) is 13.2. The van der Waals surface area contributed by atoms with Gasteiger partial charge < -0.3 is 15.4 Å². The van der Waals surface area contributed by atoms with E-state index in [0.29, 0.717) is 12.3 Å². The van der Waals surface area contributed by atoms with Gasteiger partial charge in [0.2, 0.25) is 11.0 Å². The predicted molar refractivity (Wildman–Crippen MR) is 94.3 cm³/mol. The summed E-state index contributed by atoms with van der Waals surface area (Å²) >= 11 is 2.87. The van der Waals surface area contributed by atoms with Crippen LogP contribution < -0.4 is 15.4 Å². The van der Waals surface area contributed by atoms with Crippen molar-refractivity contribution in [3.8, 4) is 5.75 Å². The van der Waals surface area contributed by atoms with Gasteiger partial charge in [-0.3, -0.25) is 4.79 Å². The van der Waals surface area contributed by atoms with Crippen molar-refractivity contribution in [3.63, 3.8) is 0 Å². The molecule has 0 spiro atoms. The van der Waals surface area contributed by atoms with Crippen LogP contribution in [0.1, 0.15) is 18.9 Å². The first-order valence-electron chi connectivity index (χ1n) is 7.31. The number of hydrogen-bond donors (Lipinski definition) is 2. The summed E-state index contributed by atoms with van der Waals surface area (Å²) in [5, 5.41) is 15.0. The van der Waals surface area contributed by atoms with Crippen molar-refractivity contribution < 1.29 is 9.53 Å². The summed E-state index contributed by atoms with van der Waals surface area (Å²) in [6.07, 6.45) is 1.04. The van der Waals surface area contributed by atoms with Crippen molar-refractivity contribution in [1.29, 1.82) is 0 Å². The molecular formula is C15H20N4O2S2. The maximum atomic E-state index is 11.9. The molecule has 0 aliphatic heterocycles. The number of carbonyl (C=O) groups excluding carboxylic acids is 1. The monoisotopic (exact) mass is 352 g/mol. The molecule has 1 amide bonds. The molecule has 8 heteroatoms. The third-order valence-corrected chi connectivity index (χ3v) is 4.92. The maximum absolute atomic E-state index is 11.9. The van der Waals surface area contributed by atoms with Crippen LogP contribution in [0.5, 0.6) is 5.75 Å². The van der Waals surface area contributed by atoms with Crippen molar-refractivity contribution in [2.75, 3.05) is 24.7 Å². The topological polar surface area (TPSA) is 76.1 Å². The molecule has 23 heavy (non-hydrogen) atoms. The van der Waals surface area contributed by atoms with E-state index in [1.165, 1.54) is 23.1 Å². The summed E-state index contributed by atoms with van der Waals surface area (Å²) in [5.41, 5.74) is 1.03. The molecule has 0 atom stereocenters. The highest BCUT2D eigenvalue weighted by atomic mass is 32.2. The fourth-order valence-electron chi connectivity index (χ4n) is 1.69. The second-order valence-electron chi connectivity index (χ2n) is 4.71. The standard InChI is InChI=1S/C15H20N4O2S2/c1-3-8-16-14-18-19-15(23-14)22-10-13(20)17-9-11-4-6-12(21-2)7-5-11/h4-7H,3,8-10H2,1-2H3,(H,16,18)(H,17,20). The minimum Gasteiger partial charge on any atom is -0.497 e. The normalized spacial score (nSPS) is 10.3. The summed E-state index contributed by atoms with van der Waals surface area (Å²) in [5.74, 6) is 1.11. The van der Waals surface area contributed by atoms with Crippen LogP contribution in [0.15, 0.2) is 28.6 Å². The number of aromatic nitrogens is 2. The van der Waals surface area contributed by atoms with Gasteiger partial charge in [-0.05, 0) is 24.1 Å². The van der Waals surface area contributed by atoms with E-state index in [2.05, 4.69) is 27.8 Å². The Kier molecular flexibility index (Phi) is 7.15. The number of anilines is 1. The second kappa shape index (κ2) is 9.36. The molecule has 2 N–H and O–H groups in total. The summed E-state index contributed by atoms with van der Waals surface area (Å²) < 4.78 is 5.90. The van der Waals surface area contributed by atoms with Crippen LogP contribution in [0.4, 0.5) is 5.13 Å². The van der Waals surface area contributed by atoms with Gasteiger partial charge in [0.05, 0.1) is 12.9 Å². The molecular weight excluding hydrogens is 332 g/mol. The average Bonchev–Trinajstić information content (AvgIpc) is 3.04. The molecule has 0 unspecified atom stereocenters. The fourth-order valence-corrected chi connectivity index (χ4v) is 3.30. The van der Waals surface area contributed by atoms with Crippen molar-refractivity contribution in [3.05, 3.63) is 29.8 Å². The molecule has 0 bridgehead atoms. The molecule has 0 saturated carbocycles. The molecule has 1 aromatic carbocycles. The number of rotatable bonds is 9. The van der Waals surface area contributed by atoms with E-state index >= 15 is 0 Å². The first-order valence-corrected chi connectivity index (χ1v) is 9.11. The third-order valence-electron chi connectivity index (χ3n) is 2.91. The highest BCUT2D eigenvalue weighted by Crippen LogP contribution is 2.25. The van der Waals surface area contributed by atoms with Gasteiger partial charge in [-0.15, -0.1) is 10.2 Å². The first kappa shape index (κ1) is 17.6. The Balaban J connectivity index is 1.71. The van der Waals surface area contributed by atoms with Crippen molar-refractivity contribution in [2.24, 2.45) is 0 Å². The molecule has 2 aromatic rings. The Bertz CT molecular complexity index is 616. The largest absolute Gasteiger partial charge is 0.497 e. The lowest BCUT2D eigenvalue weighted by molar-refractivity contribution is -0.118. The van der Waals surface area contributed by atoms with Gasteiger partial charge in [-0.2, -0.15) is 0 Å². The number of methoxy groups -OCH3 is 1. The molecule has 1 aromatic heterocycles. The average molecular weight is 352 g/mol. The van der Waals surface area contributed by atoms with Gasteiger partial charge in [0.15, 0.2) is 4.34 Å². The Morgan fingerprint density at radius 2 is 2.09 bits per heavy atom. The van der Waals surface area contributed by atoms with Crippen LogP contribution >= 0.6 is 23.1 Å². The molecule has 2 rings (SSSR count). The Labute approximate surface area is 144 Å². The number of thioether (sulfide) groups is 1. The van der Waals surface area contributed by atoms with Crippen LogP contribution in [0.3, 0.4) is 0 Å². The summed E-state index contributed by atoms with van der Waals surface area (Å²) in [7, 11) is 1.63. The third kappa shape index (κ3) is 6.07. The van der Waals surface area contributed by atoms with Gasteiger partial charge in [-0.25, -0.2) is 0 Å². The quantitative estimate of drug-likeness (QED) is 0.676. The molecule has 0 aliphatic rings. The predicted octanol–water partition coefficient (Wildman–Crippen LogP) is 2.78. The van der Waals surface area contributed by atoms with E-state index in [1.807, 2.05) is 24.3 Å². The smallest absolute Gasteiger partial charge is 0.230 e. The van der Waals surface area contributed by atoms with Crippen LogP contribution in [0, 0.1) is 0 Å². The van der Waals surface area contributed by atoms with E-state index in [4.69, 9.17) is 4.74 Å². The van der Waals surface area contributed by atoms with E-state index in [1.54, 1.807) is 7.11 Å². The maximum Gasteiger partial charge on any atom is 0.230 e. The van der Waals surface area contributed by atoms with Crippen LogP contribution in [-0.2, 0) is 11.3 Å². The number of nitrogens with zero attached hydrogens (tertiary/aromatic N) is 2. The Hall–Kier alpha value is -1.80. The van der Waals surface area contributed by atoms with Gasteiger partial charge in [0.1, 0.15) is 5.75 Å². The van der Waals surface area contributed by atoms with Gasteiger partial charge >= 0.3 is 0 Å². The van der Waals surface area contributed by atoms with E-state index in [0.717, 1.165) is 33.7 Å². The van der Waals surface area contributed by atoms with Crippen molar-refractivity contribution in [2.45, 2.75) is 24.2 Å². The van der Waals surface area contributed by atoms with E-state index < -0.39 is 0 Å². The van der Waals surface area contributed by atoms with Crippen molar-refractivity contribution in [1.82, 2.24) is 15.5 Å². The zero-order chi connectivity index (χ0) is 16.5. The van der Waals surface area contributed by atoms with Gasteiger partial charge in [-0.1, -0.05) is 42.2 Å². The van der Waals surface area contributed by atoms with Gasteiger partial charge in [0, 0.05) is 13.1 Å². The SMILES string of the molecule is CCCNc1nnc(SCC(=O)NCc2ccc(OC)cc2)s1. The summed E-state index contributed by atoms with van der Waals surface area (Å²) in [6, 6.07) is 7.62. The number of amides is 1. The number of ether oxygens (including phenoxy) is 1. The lowest BCUT2D eigenvalue weighted by Gasteiger charge is -2.05.